The Morgan fingerprint density at radius 2 is 1.83 bits per heavy atom. The van der Waals surface area contributed by atoms with Crippen molar-refractivity contribution in [3.63, 3.8) is 0 Å². The SMILES string of the molecule is CNC(=O)c1ccc(CCNc2ncnc3ccccc23)cc1. The number of fused-ring (bicyclic) bond motifs is 1. The second-order valence-electron chi connectivity index (χ2n) is 5.19. The molecule has 0 aliphatic heterocycles. The first-order valence-electron chi connectivity index (χ1n) is 7.52. The lowest BCUT2D eigenvalue weighted by molar-refractivity contribution is 0.0963. The molecule has 0 spiro atoms. The summed E-state index contributed by atoms with van der Waals surface area (Å²) in [7, 11) is 1.63. The van der Waals surface area contributed by atoms with E-state index in [2.05, 4.69) is 20.6 Å². The number of para-hydroxylation sites is 1. The molecule has 2 aromatic carbocycles. The van der Waals surface area contributed by atoms with E-state index >= 15 is 0 Å². The number of rotatable bonds is 5. The Bertz CT molecular complexity index is 809. The van der Waals surface area contributed by atoms with Gasteiger partial charge in [-0.05, 0) is 36.2 Å². The monoisotopic (exact) mass is 306 g/mol. The van der Waals surface area contributed by atoms with Crippen LogP contribution in [-0.2, 0) is 6.42 Å². The van der Waals surface area contributed by atoms with Crippen LogP contribution < -0.4 is 10.6 Å². The smallest absolute Gasteiger partial charge is 0.251 e. The molecule has 1 aromatic heterocycles. The van der Waals surface area contributed by atoms with E-state index in [0.717, 1.165) is 29.7 Å². The first kappa shape index (κ1) is 15.0. The molecule has 23 heavy (non-hydrogen) atoms. The van der Waals surface area contributed by atoms with Gasteiger partial charge in [-0.15, -0.1) is 0 Å². The maximum atomic E-state index is 11.5. The Morgan fingerprint density at radius 3 is 2.61 bits per heavy atom. The summed E-state index contributed by atoms with van der Waals surface area (Å²) < 4.78 is 0. The summed E-state index contributed by atoms with van der Waals surface area (Å²) in [5.74, 6) is 0.778. The van der Waals surface area contributed by atoms with Crippen molar-refractivity contribution in [3.8, 4) is 0 Å². The van der Waals surface area contributed by atoms with Crippen LogP contribution in [0, 0.1) is 0 Å². The topological polar surface area (TPSA) is 66.9 Å². The summed E-state index contributed by atoms with van der Waals surface area (Å²) in [6.07, 6.45) is 2.43. The number of amides is 1. The molecule has 0 fully saturated rings. The third-order valence-corrected chi connectivity index (χ3v) is 3.69. The van der Waals surface area contributed by atoms with Crippen LogP contribution in [0.25, 0.3) is 10.9 Å². The molecule has 0 unspecified atom stereocenters. The number of anilines is 1. The van der Waals surface area contributed by atoms with Gasteiger partial charge in [0.1, 0.15) is 12.1 Å². The Morgan fingerprint density at radius 1 is 1.04 bits per heavy atom. The van der Waals surface area contributed by atoms with Gasteiger partial charge >= 0.3 is 0 Å². The molecule has 5 nitrogen and oxygen atoms in total. The van der Waals surface area contributed by atoms with Crippen LogP contribution in [0.15, 0.2) is 54.9 Å². The van der Waals surface area contributed by atoms with Gasteiger partial charge in [-0.25, -0.2) is 9.97 Å². The van der Waals surface area contributed by atoms with Crippen molar-refractivity contribution in [2.45, 2.75) is 6.42 Å². The van der Waals surface area contributed by atoms with Crippen molar-refractivity contribution >= 4 is 22.6 Å². The zero-order valence-corrected chi connectivity index (χ0v) is 12.9. The minimum Gasteiger partial charge on any atom is -0.369 e. The van der Waals surface area contributed by atoms with Crippen LogP contribution in [0.2, 0.25) is 0 Å². The Kier molecular flexibility index (Phi) is 4.47. The average Bonchev–Trinajstić information content (AvgIpc) is 2.62. The lowest BCUT2D eigenvalue weighted by atomic mass is 10.1. The molecule has 0 saturated heterocycles. The molecule has 0 atom stereocenters. The number of benzene rings is 2. The molecule has 0 aliphatic rings. The predicted octanol–water partition coefficient (Wildman–Crippen LogP) is 2.64. The van der Waals surface area contributed by atoms with E-state index in [1.807, 2.05) is 48.5 Å². The van der Waals surface area contributed by atoms with Crippen LogP contribution in [0.3, 0.4) is 0 Å². The molecule has 1 heterocycles. The number of carbonyl (C=O) groups is 1. The van der Waals surface area contributed by atoms with Gasteiger partial charge in [0.05, 0.1) is 5.52 Å². The Balaban J connectivity index is 1.64. The highest BCUT2D eigenvalue weighted by Crippen LogP contribution is 2.18. The largest absolute Gasteiger partial charge is 0.369 e. The lowest BCUT2D eigenvalue weighted by Gasteiger charge is -2.08. The molecule has 5 heteroatoms. The second-order valence-corrected chi connectivity index (χ2v) is 5.19. The minimum atomic E-state index is -0.0675. The van der Waals surface area contributed by atoms with Crippen molar-refractivity contribution in [1.82, 2.24) is 15.3 Å². The first-order chi connectivity index (χ1) is 11.3. The van der Waals surface area contributed by atoms with E-state index in [1.54, 1.807) is 13.4 Å². The van der Waals surface area contributed by atoms with Crippen LogP contribution >= 0.6 is 0 Å². The Labute approximate surface area is 134 Å². The highest BCUT2D eigenvalue weighted by Gasteiger charge is 2.04. The number of carbonyl (C=O) groups excluding carboxylic acids is 1. The molecule has 0 saturated carbocycles. The highest BCUT2D eigenvalue weighted by molar-refractivity contribution is 5.94. The molecule has 2 N–H and O–H groups in total. The van der Waals surface area contributed by atoms with Crippen LogP contribution in [0.4, 0.5) is 5.82 Å². The zero-order valence-electron chi connectivity index (χ0n) is 12.9. The normalized spacial score (nSPS) is 10.5. The van der Waals surface area contributed by atoms with Gasteiger partial charge in [0.2, 0.25) is 0 Å². The quantitative estimate of drug-likeness (QED) is 0.760. The van der Waals surface area contributed by atoms with Crippen molar-refractivity contribution in [1.29, 1.82) is 0 Å². The molecule has 3 aromatic rings. The van der Waals surface area contributed by atoms with E-state index in [1.165, 1.54) is 5.56 Å². The molecule has 0 radical (unpaired) electrons. The van der Waals surface area contributed by atoms with Gasteiger partial charge in [-0.3, -0.25) is 4.79 Å². The molecular weight excluding hydrogens is 288 g/mol. The first-order valence-corrected chi connectivity index (χ1v) is 7.52. The van der Waals surface area contributed by atoms with E-state index in [4.69, 9.17) is 0 Å². The van der Waals surface area contributed by atoms with Crippen molar-refractivity contribution in [3.05, 3.63) is 66.0 Å². The predicted molar refractivity (Wildman–Crippen MR) is 91.6 cm³/mol. The number of nitrogens with zero attached hydrogens (tertiary/aromatic N) is 2. The lowest BCUT2D eigenvalue weighted by Crippen LogP contribution is -2.17. The van der Waals surface area contributed by atoms with Crippen molar-refractivity contribution < 1.29 is 4.79 Å². The van der Waals surface area contributed by atoms with Gasteiger partial charge in [-0.2, -0.15) is 0 Å². The van der Waals surface area contributed by atoms with Gasteiger partial charge in [-0.1, -0.05) is 24.3 Å². The maximum absolute atomic E-state index is 11.5. The van der Waals surface area contributed by atoms with Crippen molar-refractivity contribution in [2.24, 2.45) is 0 Å². The number of aromatic nitrogens is 2. The summed E-state index contributed by atoms with van der Waals surface area (Å²) in [6, 6.07) is 15.6. The fourth-order valence-electron chi connectivity index (χ4n) is 2.44. The van der Waals surface area contributed by atoms with E-state index in [0.29, 0.717) is 5.56 Å². The summed E-state index contributed by atoms with van der Waals surface area (Å²) in [4.78, 5) is 20.1. The van der Waals surface area contributed by atoms with Gasteiger partial charge < -0.3 is 10.6 Å². The summed E-state index contributed by atoms with van der Waals surface area (Å²) in [5, 5.41) is 6.99. The third kappa shape index (κ3) is 3.45. The van der Waals surface area contributed by atoms with Crippen LogP contribution in [0.5, 0.6) is 0 Å². The van der Waals surface area contributed by atoms with E-state index in [9.17, 15) is 4.79 Å². The van der Waals surface area contributed by atoms with Crippen LogP contribution in [0.1, 0.15) is 15.9 Å². The fraction of sp³-hybridized carbons (Fsp3) is 0.167. The third-order valence-electron chi connectivity index (χ3n) is 3.69. The number of nitrogens with one attached hydrogen (secondary N) is 2. The van der Waals surface area contributed by atoms with E-state index < -0.39 is 0 Å². The van der Waals surface area contributed by atoms with Gasteiger partial charge in [0.15, 0.2) is 0 Å². The number of hydrogen-bond acceptors (Lipinski definition) is 4. The molecule has 0 bridgehead atoms. The summed E-state index contributed by atoms with van der Waals surface area (Å²) in [6.45, 7) is 0.764. The second kappa shape index (κ2) is 6.87. The van der Waals surface area contributed by atoms with Crippen LogP contribution in [-0.4, -0.2) is 29.5 Å². The molecule has 1 amide bonds. The highest BCUT2D eigenvalue weighted by atomic mass is 16.1. The number of hydrogen-bond donors (Lipinski definition) is 2. The molecule has 3 rings (SSSR count). The summed E-state index contributed by atoms with van der Waals surface area (Å²) >= 11 is 0. The average molecular weight is 306 g/mol. The molecular formula is C18H18N4O. The zero-order chi connectivity index (χ0) is 16.1. The standard InChI is InChI=1S/C18H18N4O/c1-19-18(23)14-8-6-13(7-9-14)10-11-20-17-15-4-2-3-5-16(15)21-12-22-17/h2-9,12H,10-11H2,1H3,(H,19,23)(H,20,21,22). The van der Waals surface area contributed by atoms with E-state index in [-0.39, 0.29) is 5.91 Å². The fourth-order valence-corrected chi connectivity index (χ4v) is 2.44. The minimum absolute atomic E-state index is 0.0675. The summed E-state index contributed by atoms with van der Waals surface area (Å²) in [5.41, 5.74) is 2.77. The van der Waals surface area contributed by atoms with Gasteiger partial charge in [0.25, 0.3) is 5.91 Å². The van der Waals surface area contributed by atoms with Crippen molar-refractivity contribution in [2.75, 3.05) is 18.9 Å². The molecule has 116 valence electrons. The Hall–Kier alpha value is -2.95. The van der Waals surface area contributed by atoms with Gasteiger partial charge in [0, 0.05) is 24.5 Å². The molecule has 0 aliphatic carbocycles. The maximum Gasteiger partial charge on any atom is 0.251 e.